The highest BCUT2D eigenvalue weighted by molar-refractivity contribution is 4.82. The Morgan fingerprint density at radius 3 is 2.53 bits per heavy atom. The Morgan fingerprint density at radius 2 is 1.88 bits per heavy atom. The molecule has 0 spiro atoms. The van der Waals surface area contributed by atoms with Crippen molar-refractivity contribution in [3.63, 3.8) is 0 Å². The molecule has 0 aliphatic heterocycles. The first kappa shape index (κ1) is 12.4. The first-order chi connectivity index (χ1) is 8.31. The molecular formula is C13H23N3O. The summed E-state index contributed by atoms with van der Waals surface area (Å²) in [6.07, 6.45) is 10.1. The van der Waals surface area contributed by atoms with Crippen LogP contribution in [-0.2, 0) is 13.1 Å². The van der Waals surface area contributed by atoms with Crippen LogP contribution in [-0.4, -0.2) is 21.7 Å². The maximum absolute atomic E-state index is 11.9. The normalized spacial score (nSPS) is 16.8. The van der Waals surface area contributed by atoms with Crippen molar-refractivity contribution in [2.24, 2.45) is 0 Å². The summed E-state index contributed by atoms with van der Waals surface area (Å²) in [6.45, 7) is 4.60. The van der Waals surface area contributed by atoms with Gasteiger partial charge in [0.15, 0.2) is 0 Å². The minimum atomic E-state index is 0.125. The first-order valence-corrected chi connectivity index (χ1v) is 6.80. The van der Waals surface area contributed by atoms with E-state index in [1.54, 1.807) is 9.13 Å². The topological polar surface area (TPSA) is 39.0 Å². The second kappa shape index (κ2) is 6.05. The van der Waals surface area contributed by atoms with Gasteiger partial charge in [0.25, 0.3) is 0 Å². The summed E-state index contributed by atoms with van der Waals surface area (Å²) < 4.78 is 3.59. The Balaban J connectivity index is 1.80. The van der Waals surface area contributed by atoms with Crippen molar-refractivity contribution >= 4 is 0 Å². The van der Waals surface area contributed by atoms with Crippen LogP contribution in [0.15, 0.2) is 17.2 Å². The van der Waals surface area contributed by atoms with Crippen molar-refractivity contribution in [1.29, 1.82) is 0 Å². The van der Waals surface area contributed by atoms with Crippen LogP contribution < -0.4 is 11.0 Å². The van der Waals surface area contributed by atoms with Gasteiger partial charge < -0.3 is 5.32 Å². The number of aryl methyl sites for hydroxylation is 1. The van der Waals surface area contributed by atoms with Crippen LogP contribution >= 0.6 is 0 Å². The molecule has 0 saturated heterocycles. The third-order valence-electron chi connectivity index (χ3n) is 3.52. The summed E-state index contributed by atoms with van der Waals surface area (Å²) in [7, 11) is 0. The van der Waals surface area contributed by atoms with Gasteiger partial charge in [-0.05, 0) is 19.3 Å². The molecule has 1 fully saturated rings. The van der Waals surface area contributed by atoms with Crippen molar-refractivity contribution in [3.8, 4) is 0 Å². The minimum absolute atomic E-state index is 0.125. The molecule has 96 valence electrons. The lowest BCUT2D eigenvalue weighted by Crippen LogP contribution is -2.32. The fourth-order valence-electron chi connectivity index (χ4n) is 2.55. The van der Waals surface area contributed by atoms with Crippen LogP contribution in [0.4, 0.5) is 0 Å². The van der Waals surface area contributed by atoms with E-state index in [1.165, 1.54) is 25.7 Å². The quantitative estimate of drug-likeness (QED) is 0.816. The van der Waals surface area contributed by atoms with Gasteiger partial charge >= 0.3 is 5.69 Å². The van der Waals surface area contributed by atoms with E-state index >= 15 is 0 Å². The summed E-state index contributed by atoms with van der Waals surface area (Å²) in [5.41, 5.74) is 0.125. The average Bonchev–Trinajstić information content (AvgIpc) is 2.94. The summed E-state index contributed by atoms with van der Waals surface area (Å²) in [5.74, 6) is 0. The highest BCUT2D eigenvalue weighted by atomic mass is 16.1. The van der Waals surface area contributed by atoms with Gasteiger partial charge in [-0.2, -0.15) is 0 Å². The second-order valence-corrected chi connectivity index (χ2v) is 4.90. The first-order valence-electron chi connectivity index (χ1n) is 6.80. The molecular weight excluding hydrogens is 214 g/mol. The predicted octanol–water partition coefficient (Wildman–Crippen LogP) is 1.59. The molecule has 0 bridgehead atoms. The van der Waals surface area contributed by atoms with Crippen molar-refractivity contribution in [2.45, 2.75) is 58.2 Å². The Kier molecular flexibility index (Phi) is 4.42. The molecule has 0 radical (unpaired) electrons. The van der Waals surface area contributed by atoms with Crippen LogP contribution in [0.25, 0.3) is 0 Å². The number of nitrogens with zero attached hydrogens (tertiary/aromatic N) is 2. The van der Waals surface area contributed by atoms with Crippen molar-refractivity contribution < 1.29 is 0 Å². The molecule has 0 aromatic carbocycles. The summed E-state index contributed by atoms with van der Waals surface area (Å²) in [4.78, 5) is 11.9. The fourth-order valence-corrected chi connectivity index (χ4v) is 2.55. The van der Waals surface area contributed by atoms with E-state index in [0.29, 0.717) is 6.04 Å². The molecule has 2 rings (SSSR count). The van der Waals surface area contributed by atoms with Gasteiger partial charge in [0.05, 0.1) is 0 Å². The van der Waals surface area contributed by atoms with E-state index in [0.717, 1.165) is 26.1 Å². The smallest absolute Gasteiger partial charge is 0.312 e. The lowest BCUT2D eigenvalue weighted by Gasteiger charge is -2.11. The maximum atomic E-state index is 11.9. The van der Waals surface area contributed by atoms with E-state index in [4.69, 9.17) is 0 Å². The Hall–Kier alpha value is -1.03. The molecule has 4 nitrogen and oxygen atoms in total. The summed E-state index contributed by atoms with van der Waals surface area (Å²) >= 11 is 0. The number of rotatable bonds is 6. The van der Waals surface area contributed by atoms with Crippen LogP contribution in [0.3, 0.4) is 0 Å². The van der Waals surface area contributed by atoms with E-state index in [1.807, 2.05) is 12.4 Å². The van der Waals surface area contributed by atoms with E-state index < -0.39 is 0 Å². The Bertz CT molecular complexity index is 388. The zero-order valence-corrected chi connectivity index (χ0v) is 10.7. The molecule has 0 amide bonds. The molecule has 0 unspecified atom stereocenters. The van der Waals surface area contributed by atoms with Gasteiger partial charge in [0, 0.05) is 38.1 Å². The summed E-state index contributed by atoms with van der Waals surface area (Å²) in [6, 6.07) is 0.684. The van der Waals surface area contributed by atoms with Gasteiger partial charge in [-0.1, -0.05) is 19.8 Å². The third-order valence-corrected chi connectivity index (χ3v) is 3.52. The number of imidazole rings is 1. The highest BCUT2D eigenvalue weighted by Gasteiger charge is 2.13. The molecule has 1 aliphatic carbocycles. The number of nitrogens with one attached hydrogen (secondary N) is 1. The van der Waals surface area contributed by atoms with E-state index in [9.17, 15) is 4.79 Å². The Labute approximate surface area is 103 Å². The second-order valence-electron chi connectivity index (χ2n) is 4.90. The highest BCUT2D eigenvalue weighted by Crippen LogP contribution is 2.17. The number of hydrogen-bond donors (Lipinski definition) is 1. The fraction of sp³-hybridized carbons (Fsp3) is 0.769. The molecule has 17 heavy (non-hydrogen) atoms. The SMILES string of the molecule is CCCn1ccn(CCNC2CCCC2)c1=O. The lowest BCUT2D eigenvalue weighted by molar-refractivity contribution is 0.488. The number of aromatic nitrogens is 2. The van der Waals surface area contributed by atoms with Crippen LogP contribution in [0.1, 0.15) is 39.0 Å². The molecule has 1 aromatic heterocycles. The van der Waals surface area contributed by atoms with Crippen LogP contribution in [0.5, 0.6) is 0 Å². The van der Waals surface area contributed by atoms with Gasteiger partial charge in [-0.3, -0.25) is 9.13 Å². The lowest BCUT2D eigenvalue weighted by atomic mass is 10.2. The zero-order valence-electron chi connectivity index (χ0n) is 10.7. The van der Waals surface area contributed by atoms with Gasteiger partial charge in [0.2, 0.25) is 0 Å². The standard InChI is InChI=1S/C13H23N3O/c1-2-8-15-10-11-16(13(15)17)9-7-14-12-5-3-4-6-12/h10-12,14H,2-9H2,1H3. The predicted molar refractivity (Wildman–Crippen MR) is 69.2 cm³/mol. The maximum Gasteiger partial charge on any atom is 0.328 e. The van der Waals surface area contributed by atoms with Crippen molar-refractivity contribution in [1.82, 2.24) is 14.5 Å². The van der Waals surface area contributed by atoms with Crippen LogP contribution in [0.2, 0.25) is 0 Å². The molecule has 1 saturated carbocycles. The van der Waals surface area contributed by atoms with Crippen LogP contribution in [0, 0.1) is 0 Å². The third kappa shape index (κ3) is 3.22. The van der Waals surface area contributed by atoms with E-state index in [-0.39, 0.29) is 5.69 Å². The molecule has 1 aromatic rings. The van der Waals surface area contributed by atoms with Crippen molar-refractivity contribution in [3.05, 3.63) is 22.9 Å². The molecule has 1 aliphatic rings. The summed E-state index contributed by atoms with van der Waals surface area (Å²) in [5, 5.41) is 3.53. The molecule has 1 N–H and O–H groups in total. The largest absolute Gasteiger partial charge is 0.328 e. The van der Waals surface area contributed by atoms with Gasteiger partial charge in [-0.15, -0.1) is 0 Å². The zero-order chi connectivity index (χ0) is 12.1. The van der Waals surface area contributed by atoms with Crippen molar-refractivity contribution in [2.75, 3.05) is 6.54 Å². The molecule has 4 heteroatoms. The number of hydrogen-bond acceptors (Lipinski definition) is 2. The van der Waals surface area contributed by atoms with Gasteiger partial charge in [-0.25, -0.2) is 4.79 Å². The molecule has 0 atom stereocenters. The average molecular weight is 237 g/mol. The van der Waals surface area contributed by atoms with E-state index in [2.05, 4.69) is 12.2 Å². The Morgan fingerprint density at radius 1 is 1.24 bits per heavy atom. The van der Waals surface area contributed by atoms with Gasteiger partial charge in [0.1, 0.15) is 0 Å². The molecule has 1 heterocycles. The monoisotopic (exact) mass is 237 g/mol. The minimum Gasteiger partial charge on any atom is -0.312 e.